The Morgan fingerprint density at radius 2 is 2.00 bits per heavy atom. The molecule has 0 aromatic heterocycles. The summed E-state index contributed by atoms with van der Waals surface area (Å²) in [6.45, 7) is 0. The van der Waals surface area contributed by atoms with Gasteiger partial charge in [-0.2, -0.15) is 0 Å². The summed E-state index contributed by atoms with van der Waals surface area (Å²) >= 11 is 6.82. The zero-order valence-electron chi connectivity index (χ0n) is 4.72. The molecule has 0 spiro atoms. The fraction of sp³-hybridized carbons (Fsp3) is 0.333. The van der Waals surface area contributed by atoms with E-state index >= 15 is 0 Å². The van der Waals surface area contributed by atoms with E-state index < -0.39 is 0 Å². The lowest BCUT2D eigenvalue weighted by Crippen LogP contribution is -2.35. The van der Waals surface area contributed by atoms with Crippen LogP contribution < -0.4 is 5.73 Å². The molecular weight excluding hydrogens is 246 g/mol. The van der Waals surface area contributed by atoms with Crippen molar-refractivity contribution in [3.05, 3.63) is 24.3 Å². The molecule has 1 rings (SSSR count). The number of hydrogen-bond donors (Lipinski definition) is 1. The van der Waals surface area contributed by atoms with Gasteiger partial charge in [-0.25, -0.2) is 0 Å². The molecule has 1 atom stereocenters. The largest absolute Gasteiger partial charge is 0.322 e. The zero-order valence-corrected chi connectivity index (χ0v) is 7.89. The minimum atomic E-state index is -0.227. The summed E-state index contributed by atoms with van der Waals surface area (Å²) in [7, 11) is 0. The van der Waals surface area contributed by atoms with Crippen LogP contribution >= 0.6 is 31.9 Å². The normalized spacial score (nSPS) is 30.8. The highest BCUT2D eigenvalue weighted by molar-refractivity contribution is 9.25. The lowest BCUT2D eigenvalue weighted by Gasteiger charge is -2.23. The molecule has 1 nitrogen and oxygen atoms in total. The van der Waals surface area contributed by atoms with Gasteiger partial charge in [-0.3, -0.25) is 0 Å². The topological polar surface area (TPSA) is 26.0 Å². The van der Waals surface area contributed by atoms with Crippen LogP contribution in [0.1, 0.15) is 0 Å². The van der Waals surface area contributed by atoms with Crippen LogP contribution in [0.15, 0.2) is 24.3 Å². The second kappa shape index (κ2) is 2.56. The van der Waals surface area contributed by atoms with Gasteiger partial charge < -0.3 is 5.73 Å². The maximum atomic E-state index is 5.68. The summed E-state index contributed by atoms with van der Waals surface area (Å²) in [4.78, 5) is 0. The molecule has 9 heavy (non-hydrogen) atoms. The Kier molecular flexibility index (Phi) is 2.14. The first-order valence-corrected chi connectivity index (χ1v) is 4.21. The van der Waals surface area contributed by atoms with Crippen LogP contribution in [0, 0.1) is 0 Å². The molecule has 0 bridgehead atoms. The third-order valence-electron chi connectivity index (χ3n) is 1.19. The molecule has 1 aliphatic carbocycles. The average Bonchev–Trinajstić information content (AvgIpc) is 1.77. The molecular formula is C6H7Br2N. The van der Waals surface area contributed by atoms with E-state index in [1.165, 1.54) is 0 Å². The third-order valence-corrected chi connectivity index (χ3v) is 2.78. The van der Waals surface area contributed by atoms with Gasteiger partial charge in [0.05, 0.1) is 6.04 Å². The summed E-state index contributed by atoms with van der Waals surface area (Å²) < 4.78 is -0.227. The zero-order chi connectivity index (χ0) is 6.91. The number of rotatable bonds is 0. The van der Waals surface area contributed by atoms with E-state index in [4.69, 9.17) is 5.73 Å². The van der Waals surface area contributed by atoms with Crippen molar-refractivity contribution in [3.63, 3.8) is 0 Å². The fourth-order valence-corrected chi connectivity index (χ4v) is 1.22. The van der Waals surface area contributed by atoms with Crippen LogP contribution in [0.4, 0.5) is 0 Å². The van der Waals surface area contributed by atoms with Crippen LogP contribution in [0.3, 0.4) is 0 Å². The van der Waals surface area contributed by atoms with Crippen LogP contribution in [0.25, 0.3) is 0 Å². The molecule has 0 heterocycles. The second-order valence-electron chi connectivity index (χ2n) is 1.94. The number of nitrogens with two attached hydrogens (primary N) is 1. The Hall–Kier alpha value is 0.400. The van der Waals surface area contributed by atoms with Crippen molar-refractivity contribution in [3.8, 4) is 0 Å². The molecule has 0 aromatic carbocycles. The van der Waals surface area contributed by atoms with Gasteiger partial charge in [-0.15, -0.1) is 0 Å². The third kappa shape index (κ3) is 1.66. The van der Waals surface area contributed by atoms with E-state index in [-0.39, 0.29) is 9.28 Å². The van der Waals surface area contributed by atoms with E-state index in [1.807, 2.05) is 24.3 Å². The minimum Gasteiger partial charge on any atom is -0.322 e. The van der Waals surface area contributed by atoms with Gasteiger partial charge in [0.1, 0.15) is 3.23 Å². The van der Waals surface area contributed by atoms with E-state index in [0.717, 1.165) is 0 Å². The standard InChI is InChI=1S/C6H7Br2N/c7-6(8)4-2-1-3-5(6)9/h1-5H,9H2. The van der Waals surface area contributed by atoms with Gasteiger partial charge in [0.15, 0.2) is 0 Å². The van der Waals surface area contributed by atoms with Crippen molar-refractivity contribution in [1.82, 2.24) is 0 Å². The van der Waals surface area contributed by atoms with E-state index in [9.17, 15) is 0 Å². The molecule has 0 fully saturated rings. The highest BCUT2D eigenvalue weighted by atomic mass is 79.9. The van der Waals surface area contributed by atoms with Crippen molar-refractivity contribution in [2.75, 3.05) is 0 Å². The molecule has 0 aliphatic heterocycles. The van der Waals surface area contributed by atoms with Gasteiger partial charge in [0, 0.05) is 0 Å². The van der Waals surface area contributed by atoms with E-state index in [1.54, 1.807) is 0 Å². The molecule has 1 unspecified atom stereocenters. The highest BCUT2D eigenvalue weighted by Crippen LogP contribution is 2.33. The lowest BCUT2D eigenvalue weighted by molar-refractivity contribution is 0.821. The molecule has 50 valence electrons. The highest BCUT2D eigenvalue weighted by Gasteiger charge is 2.26. The molecule has 3 heteroatoms. The van der Waals surface area contributed by atoms with Crippen molar-refractivity contribution < 1.29 is 0 Å². The van der Waals surface area contributed by atoms with Crippen LogP contribution in [0.5, 0.6) is 0 Å². The van der Waals surface area contributed by atoms with Gasteiger partial charge in [0.2, 0.25) is 0 Å². The van der Waals surface area contributed by atoms with Crippen LogP contribution in [-0.4, -0.2) is 9.28 Å². The maximum absolute atomic E-state index is 5.68. The molecule has 0 saturated heterocycles. The lowest BCUT2D eigenvalue weighted by atomic mass is 10.1. The Labute approximate surface area is 71.3 Å². The Balaban J connectivity index is 2.78. The number of hydrogen-bond acceptors (Lipinski definition) is 1. The first-order valence-electron chi connectivity index (χ1n) is 2.62. The predicted molar refractivity (Wildman–Crippen MR) is 46.8 cm³/mol. The van der Waals surface area contributed by atoms with Gasteiger partial charge in [-0.1, -0.05) is 56.2 Å². The number of alkyl halides is 2. The monoisotopic (exact) mass is 251 g/mol. The smallest absolute Gasteiger partial charge is 0.117 e. The first kappa shape index (κ1) is 7.51. The summed E-state index contributed by atoms with van der Waals surface area (Å²) in [5, 5.41) is 0. The molecule has 2 N–H and O–H groups in total. The van der Waals surface area contributed by atoms with Gasteiger partial charge >= 0.3 is 0 Å². The fourth-order valence-electron chi connectivity index (χ4n) is 0.607. The quantitative estimate of drug-likeness (QED) is 0.656. The van der Waals surface area contributed by atoms with Gasteiger partial charge in [0.25, 0.3) is 0 Å². The molecule has 0 saturated carbocycles. The van der Waals surface area contributed by atoms with E-state index in [2.05, 4.69) is 31.9 Å². The van der Waals surface area contributed by atoms with E-state index in [0.29, 0.717) is 0 Å². The summed E-state index contributed by atoms with van der Waals surface area (Å²) in [6, 6.07) is 0.0162. The van der Waals surface area contributed by atoms with Crippen molar-refractivity contribution in [1.29, 1.82) is 0 Å². The molecule has 0 amide bonds. The first-order chi connectivity index (χ1) is 4.13. The summed E-state index contributed by atoms with van der Waals surface area (Å²) in [6.07, 6.45) is 7.79. The van der Waals surface area contributed by atoms with Gasteiger partial charge in [-0.05, 0) is 0 Å². The Bertz CT molecular complexity index is 160. The Morgan fingerprint density at radius 3 is 2.33 bits per heavy atom. The summed E-state index contributed by atoms with van der Waals surface area (Å²) in [5.41, 5.74) is 5.68. The molecule has 0 aromatic rings. The van der Waals surface area contributed by atoms with Crippen molar-refractivity contribution >= 4 is 31.9 Å². The predicted octanol–water partition coefficient (Wildman–Crippen LogP) is 1.93. The molecule has 1 aliphatic rings. The SMILES string of the molecule is NC1C=CC=CC1(Br)Br. The second-order valence-corrected chi connectivity index (χ2v) is 5.63. The molecule has 0 radical (unpaired) electrons. The maximum Gasteiger partial charge on any atom is 0.117 e. The Morgan fingerprint density at radius 1 is 1.33 bits per heavy atom. The minimum absolute atomic E-state index is 0.0162. The van der Waals surface area contributed by atoms with Crippen molar-refractivity contribution in [2.45, 2.75) is 9.28 Å². The summed E-state index contributed by atoms with van der Waals surface area (Å²) in [5.74, 6) is 0. The number of halogens is 2. The van der Waals surface area contributed by atoms with Crippen LogP contribution in [-0.2, 0) is 0 Å². The average molecular weight is 253 g/mol. The van der Waals surface area contributed by atoms with Crippen molar-refractivity contribution in [2.24, 2.45) is 5.73 Å². The number of allylic oxidation sites excluding steroid dienone is 2. The van der Waals surface area contributed by atoms with Crippen LogP contribution in [0.2, 0.25) is 0 Å².